The Morgan fingerprint density at radius 3 is 2.63 bits per heavy atom. The van der Waals surface area contributed by atoms with E-state index in [9.17, 15) is 13.6 Å². The Morgan fingerprint density at radius 1 is 1.17 bits per heavy atom. The number of aromatic nitrogens is 4. The number of para-hydroxylation sites is 1. The zero-order valence-corrected chi connectivity index (χ0v) is 20.3. The van der Waals surface area contributed by atoms with E-state index < -0.39 is 17.7 Å². The van der Waals surface area contributed by atoms with E-state index >= 15 is 0 Å². The van der Waals surface area contributed by atoms with E-state index in [1.807, 2.05) is 18.2 Å². The van der Waals surface area contributed by atoms with Crippen molar-refractivity contribution in [1.29, 1.82) is 0 Å². The Bertz CT molecular complexity index is 1500. The first-order valence-corrected chi connectivity index (χ1v) is 11.5. The number of anilines is 2. The van der Waals surface area contributed by atoms with Crippen LogP contribution in [0.5, 0.6) is 0 Å². The molecule has 2 aromatic heterocycles. The van der Waals surface area contributed by atoms with Crippen molar-refractivity contribution in [1.82, 2.24) is 25.1 Å². The van der Waals surface area contributed by atoms with Gasteiger partial charge in [-0.2, -0.15) is 9.78 Å². The van der Waals surface area contributed by atoms with Gasteiger partial charge in [-0.05, 0) is 35.4 Å². The summed E-state index contributed by atoms with van der Waals surface area (Å²) in [6, 6.07) is 10.5. The first-order chi connectivity index (χ1) is 16.7. The maximum absolute atomic E-state index is 14.0. The summed E-state index contributed by atoms with van der Waals surface area (Å²) in [7, 11) is 0. The lowest BCUT2D eigenvalue weighted by Gasteiger charge is -2.33. The number of alkyl halides is 2. The first-order valence-electron chi connectivity index (χ1n) is 10.8. The molecular weight excluding hydrogens is 497 g/mol. The van der Waals surface area contributed by atoms with Gasteiger partial charge >= 0.3 is 0 Å². The number of halogens is 4. The van der Waals surface area contributed by atoms with Crippen LogP contribution in [0.15, 0.2) is 47.4 Å². The molecule has 0 unspecified atom stereocenters. The molecule has 5 rings (SSSR count). The standard InChI is InChI=1S/C24H20Cl2F2N6O/c1-24(2)11-29-9-12-8-13(6-7-15(12)24)31-23-30-10-14-18(32-23)19(21(27)28)33-34(22(14)35)20-16(25)4-3-5-17(20)26/h3-8,10,21,29H,9,11H2,1-2H3,(H,30,31,32). The second-order valence-corrected chi connectivity index (χ2v) is 9.73. The van der Waals surface area contributed by atoms with E-state index in [0.717, 1.165) is 23.3 Å². The fraction of sp³-hybridized carbons (Fsp3) is 0.250. The fourth-order valence-corrected chi connectivity index (χ4v) is 4.87. The van der Waals surface area contributed by atoms with Crippen LogP contribution in [0.4, 0.5) is 20.4 Å². The summed E-state index contributed by atoms with van der Waals surface area (Å²) < 4.78 is 28.8. The highest BCUT2D eigenvalue weighted by atomic mass is 35.5. The van der Waals surface area contributed by atoms with Gasteiger partial charge in [0, 0.05) is 30.4 Å². The van der Waals surface area contributed by atoms with Crippen molar-refractivity contribution in [2.45, 2.75) is 32.2 Å². The van der Waals surface area contributed by atoms with Crippen LogP contribution in [0.25, 0.3) is 16.6 Å². The number of hydrogen-bond donors (Lipinski definition) is 2. The fourth-order valence-electron chi connectivity index (χ4n) is 4.31. The number of nitrogens with zero attached hydrogens (tertiary/aromatic N) is 4. The Hall–Kier alpha value is -3.14. The van der Waals surface area contributed by atoms with Crippen LogP contribution < -0.4 is 16.2 Å². The third-order valence-electron chi connectivity index (χ3n) is 5.99. The molecule has 4 aromatic rings. The molecule has 35 heavy (non-hydrogen) atoms. The predicted octanol–water partition coefficient (Wildman–Crippen LogP) is 5.54. The Morgan fingerprint density at radius 2 is 1.91 bits per heavy atom. The van der Waals surface area contributed by atoms with Gasteiger partial charge in [-0.1, -0.05) is 49.2 Å². The van der Waals surface area contributed by atoms with Crippen LogP contribution >= 0.6 is 23.2 Å². The number of nitrogens with one attached hydrogen (secondary N) is 2. The third-order valence-corrected chi connectivity index (χ3v) is 6.60. The minimum absolute atomic E-state index is 0.00611. The highest BCUT2D eigenvalue weighted by Gasteiger charge is 2.27. The topological polar surface area (TPSA) is 84.7 Å². The molecular formula is C24H20Cl2F2N6O. The van der Waals surface area contributed by atoms with Crippen molar-refractivity contribution in [3.63, 3.8) is 0 Å². The lowest BCUT2D eigenvalue weighted by Crippen LogP contribution is -2.38. The van der Waals surface area contributed by atoms with E-state index in [0.29, 0.717) is 5.69 Å². The monoisotopic (exact) mass is 516 g/mol. The molecule has 0 bridgehead atoms. The van der Waals surface area contributed by atoms with Gasteiger partial charge in [-0.3, -0.25) is 4.79 Å². The molecule has 0 saturated heterocycles. The molecule has 0 radical (unpaired) electrons. The number of benzene rings is 2. The van der Waals surface area contributed by atoms with Gasteiger partial charge in [-0.25, -0.2) is 18.7 Å². The molecule has 0 aliphatic carbocycles. The van der Waals surface area contributed by atoms with Crippen LogP contribution in [0, 0.1) is 0 Å². The van der Waals surface area contributed by atoms with Gasteiger partial charge < -0.3 is 10.6 Å². The minimum Gasteiger partial charge on any atom is -0.324 e. The molecule has 3 heterocycles. The largest absolute Gasteiger partial charge is 0.324 e. The van der Waals surface area contributed by atoms with E-state index in [1.54, 1.807) is 6.07 Å². The minimum atomic E-state index is -3.01. The van der Waals surface area contributed by atoms with Crippen LogP contribution in [0.3, 0.4) is 0 Å². The van der Waals surface area contributed by atoms with Crippen molar-refractivity contribution in [3.05, 3.63) is 79.8 Å². The normalized spacial score (nSPS) is 14.8. The summed E-state index contributed by atoms with van der Waals surface area (Å²) in [5.74, 6) is 0.0668. The lowest BCUT2D eigenvalue weighted by molar-refractivity contribution is 0.145. The van der Waals surface area contributed by atoms with E-state index in [2.05, 4.69) is 39.5 Å². The highest BCUT2D eigenvalue weighted by Crippen LogP contribution is 2.32. The summed E-state index contributed by atoms with van der Waals surface area (Å²) in [4.78, 5) is 21.5. The average molecular weight is 517 g/mol. The van der Waals surface area contributed by atoms with Crippen LogP contribution in [0.1, 0.15) is 37.1 Å². The van der Waals surface area contributed by atoms with Crippen LogP contribution in [0.2, 0.25) is 10.0 Å². The van der Waals surface area contributed by atoms with Gasteiger partial charge in [0.05, 0.1) is 15.4 Å². The molecule has 0 atom stereocenters. The SMILES string of the molecule is CC1(C)CNCc2cc(Nc3ncc4c(=O)n(-c5c(Cl)cccc5Cl)nc(C(F)F)c4n3)ccc21. The first kappa shape index (κ1) is 23.6. The lowest BCUT2D eigenvalue weighted by atomic mass is 9.79. The van der Waals surface area contributed by atoms with Crippen LogP contribution in [-0.2, 0) is 12.0 Å². The zero-order chi connectivity index (χ0) is 24.9. The zero-order valence-electron chi connectivity index (χ0n) is 18.7. The maximum Gasteiger partial charge on any atom is 0.284 e. The van der Waals surface area contributed by atoms with Gasteiger partial charge in [0.1, 0.15) is 11.2 Å². The second-order valence-electron chi connectivity index (χ2n) is 8.91. The van der Waals surface area contributed by atoms with Crippen molar-refractivity contribution >= 4 is 45.7 Å². The molecule has 1 aliphatic heterocycles. The summed E-state index contributed by atoms with van der Waals surface area (Å²) in [6.45, 7) is 5.93. The molecule has 0 saturated carbocycles. The summed E-state index contributed by atoms with van der Waals surface area (Å²) in [5, 5.41) is 10.4. The molecule has 0 spiro atoms. The predicted molar refractivity (Wildman–Crippen MR) is 132 cm³/mol. The Labute approximate surface area is 209 Å². The summed E-state index contributed by atoms with van der Waals surface area (Å²) in [5.41, 5.74) is 1.43. The van der Waals surface area contributed by atoms with Gasteiger partial charge in [-0.15, -0.1) is 0 Å². The van der Waals surface area contributed by atoms with Crippen molar-refractivity contribution < 1.29 is 8.78 Å². The number of rotatable bonds is 4. The van der Waals surface area contributed by atoms with Gasteiger partial charge in [0.2, 0.25) is 5.95 Å². The number of hydrogen-bond acceptors (Lipinski definition) is 6. The Balaban J connectivity index is 1.59. The van der Waals surface area contributed by atoms with E-state index in [-0.39, 0.29) is 38.0 Å². The summed E-state index contributed by atoms with van der Waals surface area (Å²) in [6.07, 6.45) is -1.81. The summed E-state index contributed by atoms with van der Waals surface area (Å²) >= 11 is 12.4. The van der Waals surface area contributed by atoms with Crippen molar-refractivity contribution in [2.24, 2.45) is 0 Å². The van der Waals surface area contributed by atoms with E-state index in [4.69, 9.17) is 23.2 Å². The van der Waals surface area contributed by atoms with Crippen molar-refractivity contribution in [3.8, 4) is 5.69 Å². The van der Waals surface area contributed by atoms with Crippen LogP contribution in [-0.4, -0.2) is 26.3 Å². The quantitative estimate of drug-likeness (QED) is 0.370. The molecule has 0 amide bonds. The van der Waals surface area contributed by atoms with Crippen molar-refractivity contribution in [2.75, 3.05) is 11.9 Å². The Kier molecular flexibility index (Phi) is 5.94. The molecule has 7 nitrogen and oxygen atoms in total. The molecule has 180 valence electrons. The van der Waals surface area contributed by atoms with E-state index in [1.165, 1.54) is 23.9 Å². The molecule has 2 N–H and O–H groups in total. The highest BCUT2D eigenvalue weighted by molar-refractivity contribution is 6.37. The second kappa shape index (κ2) is 8.82. The molecule has 1 aliphatic rings. The smallest absolute Gasteiger partial charge is 0.284 e. The molecule has 11 heteroatoms. The number of fused-ring (bicyclic) bond motifs is 2. The average Bonchev–Trinajstić information content (AvgIpc) is 2.80. The van der Waals surface area contributed by atoms with Gasteiger partial charge in [0.15, 0.2) is 5.69 Å². The van der Waals surface area contributed by atoms with Gasteiger partial charge in [0.25, 0.3) is 12.0 Å². The molecule has 0 fully saturated rings. The third kappa shape index (κ3) is 4.24. The maximum atomic E-state index is 14.0. The molecule has 2 aromatic carbocycles.